The molecule has 0 saturated heterocycles. The Morgan fingerprint density at radius 1 is 0.840 bits per heavy atom. The first kappa shape index (κ1) is 14.9. The van der Waals surface area contributed by atoms with E-state index in [-0.39, 0.29) is 0 Å². The van der Waals surface area contributed by atoms with Gasteiger partial charge in [-0.05, 0) is 24.3 Å². The molecule has 5 rings (SSSR count). The van der Waals surface area contributed by atoms with E-state index in [1.54, 1.807) is 0 Å². The molecular weight excluding hydrogens is 398 g/mol. The van der Waals surface area contributed by atoms with Crippen LogP contribution in [0.1, 0.15) is 0 Å². The molecule has 0 fully saturated rings. The maximum atomic E-state index is 6.46. The number of furan rings is 1. The first-order valence-corrected chi connectivity index (χ1v) is 9.05. The lowest BCUT2D eigenvalue weighted by atomic mass is 10.0. The maximum Gasteiger partial charge on any atom is 0.162 e. The summed E-state index contributed by atoms with van der Waals surface area (Å²) >= 11 is 9.94. The van der Waals surface area contributed by atoms with E-state index in [1.807, 2.05) is 60.7 Å². The number of rotatable bonds is 1. The number of aromatic nitrogens is 1. The van der Waals surface area contributed by atoms with Crippen molar-refractivity contribution in [3.8, 4) is 11.3 Å². The Kier molecular flexibility index (Phi) is 3.34. The van der Waals surface area contributed by atoms with E-state index in [9.17, 15) is 0 Å². The van der Waals surface area contributed by atoms with Gasteiger partial charge >= 0.3 is 0 Å². The van der Waals surface area contributed by atoms with Gasteiger partial charge in [0.1, 0.15) is 11.3 Å². The molecule has 0 aliphatic carbocycles. The SMILES string of the molecule is Clc1cccc2c1nc(-c1ccc(Br)cc1)c1oc3ccccc3c12. The molecule has 0 aliphatic rings. The van der Waals surface area contributed by atoms with Crippen LogP contribution in [-0.2, 0) is 0 Å². The Hall–Kier alpha value is -2.36. The summed E-state index contributed by atoms with van der Waals surface area (Å²) in [6.07, 6.45) is 0. The molecule has 3 aromatic carbocycles. The van der Waals surface area contributed by atoms with Crippen LogP contribution in [0.4, 0.5) is 0 Å². The molecule has 2 aromatic heterocycles. The van der Waals surface area contributed by atoms with E-state index in [1.165, 1.54) is 0 Å². The fourth-order valence-corrected chi connectivity index (χ4v) is 3.76. The van der Waals surface area contributed by atoms with Crippen molar-refractivity contribution in [2.24, 2.45) is 0 Å². The molecular formula is C21H11BrClNO. The predicted octanol–water partition coefficient (Wildman–Crippen LogP) is 7.22. The number of benzene rings is 3. The average Bonchev–Trinajstić information content (AvgIpc) is 3.02. The third-order valence-corrected chi connectivity index (χ3v) is 5.24. The van der Waals surface area contributed by atoms with Gasteiger partial charge in [0.05, 0.1) is 10.5 Å². The van der Waals surface area contributed by atoms with Crippen LogP contribution in [0.3, 0.4) is 0 Å². The van der Waals surface area contributed by atoms with E-state index >= 15 is 0 Å². The van der Waals surface area contributed by atoms with Crippen molar-refractivity contribution in [1.82, 2.24) is 4.98 Å². The quantitative estimate of drug-likeness (QED) is 0.293. The fraction of sp³-hybridized carbons (Fsp3) is 0. The van der Waals surface area contributed by atoms with Crippen LogP contribution >= 0.6 is 27.5 Å². The van der Waals surface area contributed by atoms with Crippen molar-refractivity contribution in [2.45, 2.75) is 0 Å². The molecule has 25 heavy (non-hydrogen) atoms. The summed E-state index contributed by atoms with van der Waals surface area (Å²) in [4.78, 5) is 4.86. The fourth-order valence-electron chi connectivity index (χ4n) is 3.28. The van der Waals surface area contributed by atoms with Gasteiger partial charge in [-0.3, -0.25) is 0 Å². The summed E-state index contributed by atoms with van der Waals surface area (Å²) in [5.74, 6) is 0. The highest BCUT2D eigenvalue weighted by Crippen LogP contribution is 2.40. The summed E-state index contributed by atoms with van der Waals surface area (Å²) < 4.78 is 7.22. The molecule has 0 unspecified atom stereocenters. The molecule has 5 aromatic rings. The van der Waals surface area contributed by atoms with Crippen molar-refractivity contribution in [3.05, 3.63) is 76.2 Å². The average molecular weight is 409 g/mol. The van der Waals surface area contributed by atoms with Crippen molar-refractivity contribution in [2.75, 3.05) is 0 Å². The van der Waals surface area contributed by atoms with Crippen molar-refractivity contribution < 1.29 is 4.42 Å². The molecule has 0 saturated carbocycles. The molecule has 0 radical (unpaired) electrons. The van der Waals surface area contributed by atoms with Crippen LogP contribution in [0.15, 0.2) is 75.6 Å². The minimum absolute atomic E-state index is 0.642. The van der Waals surface area contributed by atoms with Gasteiger partial charge in [-0.15, -0.1) is 0 Å². The molecule has 2 nitrogen and oxygen atoms in total. The Morgan fingerprint density at radius 3 is 2.44 bits per heavy atom. The second-order valence-electron chi connectivity index (χ2n) is 5.91. The number of hydrogen-bond donors (Lipinski definition) is 0. The lowest BCUT2D eigenvalue weighted by Crippen LogP contribution is -1.88. The summed E-state index contributed by atoms with van der Waals surface area (Å²) in [6, 6.07) is 22.0. The zero-order chi connectivity index (χ0) is 17.0. The van der Waals surface area contributed by atoms with Gasteiger partial charge in [-0.25, -0.2) is 4.98 Å². The minimum Gasteiger partial charge on any atom is -0.454 e. The maximum absolute atomic E-state index is 6.46. The van der Waals surface area contributed by atoms with Crippen LogP contribution in [0.2, 0.25) is 5.02 Å². The monoisotopic (exact) mass is 407 g/mol. The smallest absolute Gasteiger partial charge is 0.162 e. The van der Waals surface area contributed by atoms with E-state index in [0.29, 0.717) is 5.02 Å². The molecule has 120 valence electrons. The number of pyridine rings is 1. The summed E-state index contributed by atoms with van der Waals surface area (Å²) in [5.41, 5.74) is 4.23. The van der Waals surface area contributed by atoms with E-state index in [4.69, 9.17) is 21.0 Å². The zero-order valence-electron chi connectivity index (χ0n) is 13.0. The van der Waals surface area contributed by atoms with E-state index < -0.39 is 0 Å². The lowest BCUT2D eigenvalue weighted by molar-refractivity contribution is 0.669. The van der Waals surface area contributed by atoms with Crippen LogP contribution in [0.5, 0.6) is 0 Å². The van der Waals surface area contributed by atoms with Gasteiger partial charge in [0.25, 0.3) is 0 Å². The first-order valence-electron chi connectivity index (χ1n) is 7.88. The third-order valence-electron chi connectivity index (χ3n) is 4.41. The Balaban J connectivity index is 2.03. The number of nitrogens with zero attached hydrogens (tertiary/aromatic N) is 1. The predicted molar refractivity (Wildman–Crippen MR) is 107 cm³/mol. The van der Waals surface area contributed by atoms with Crippen LogP contribution in [0, 0.1) is 0 Å². The Labute approximate surface area is 157 Å². The topological polar surface area (TPSA) is 26.0 Å². The molecule has 0 N–H and O–H groups in total. The highest BCUT2D eigenvalue weighted by molar-refractivity contribution is 9.10. The summed E-state index contributed by atoms with van der Waals surface area (Å²) in [5, 5.41) is 3.78. The summed E-state index contributed by atoms with van der Waals surface area (Å²) in [7, 11) is 0. The summed E-state index contributed by atoms with van der Waals surface area (Å²) in [6.45, 7) is 0. The molecule has 0 aliphatic heterocycles. The van der Waals surface area contributed by atoms with Gasteiger partial charge in [0.15, 0.2) is 5.58 Å². The first-order chi connectivity index (χ1) is 12.2. The highest BCUT2D eigenvalue weighted by Gasteiger charge is 2.18. The molecule has 0 atom stereocenters. The standard InChI is InChI=1S/C21H11BrClNO/c22-13-10-8-12(9-11-13)19-21-18(14-4-1-2-7-17(14)25-21)15-5-3-6-16(23)20(15)24-19/h1-11H. The minimum atomic E-state index is 0.642. The van der Waals surface area contributed by atoms with Gasteiger partial charge in [0, 0.05) is 26.2 Å². The van der Waals surface area contributed by atoms with E-state index in [2.05, 4.69) is 22.0 Å². The third kappa shape index (κ3) is 2.27. The van der Waals surface area contributed by atoms with E-state index in [0.717, 1.165) is 48.6 Å². The number of fused-ring (bicyclic) bond motifs is 5. The van der Waals surface area contributed by atoms with Crippen LogP contribution < -0.4 is 0 Å². The second-order valence-corrected chi connectivity index (χ2v) is 7.23. The van der Waals surface area contributed by atoms with Gasteiger partial charge in [-0.1, -0.05) is 70.0 Å². The van der Waals surface area contributed by atoms with Gasteiger partial charge < -0.3 is 4.42 Å². The van der Waals surface area contributed by atoms with Crippen LogP contribution in [-0.4, -0.2) is 4.98 Å². The molecule has 2 heterocycles. The van der Waals surface area contributed by atoms with Gasteiger partial charge in [0.2, 0.25) is 0 Å². The lowest BCUT2D eigenvalue weighted by Gasteiger charge is -2.07. The zero-order valence-corrected chi connectivity index (χ0v) is 15.3. The van der Waals surface area contributed by atoms with Crippen molar-refractivity contribution in [1.29, 1.82) is 0 Å². The van der Waals surface area contributed by atoms with Crippen molar-refractivity contribution >= 4 is 60.4 Å². The highest BCUT2D eigenvalue weighted by atomic mass is 79.9. The molecule has 0 bridgehead atoms. The van der Waals surface area contributed by atoms with Crippen LogP contribution in [0.25, 0.3) is 44.1 Å². The largest absolute Gasteiger partial charge is 0.454 e. The molecule has 4 heteroatoms. The Morgan fingerprint density at radius 2 is 1.60 bits per heavy atom. The molecule has 0 spiro atoms. The number of halogens is 2. The number of hydrogen-bond acceptors (Lipinski definition) is 2. The van der Waals surface area contributed by atoms with Crippen molar-refractivity contribution in [3.63, 3.8) is 0 Å². The second kappa shape index (κ2) is 5.58. The number of para-hydroxylation sites is 2. The Bertz CT molecular complexity index is 1260. The van der Waals surface area contributed by atoms with Gasteiger partial charge in [-0.2, -0.15) is 0 Å². The molecule has 0 amide bonds. The normalized spacial score (nSPS) is 11.6.